The van der Waals surface area contributed by atoms with E-state index in [9.17, 15) is 9.59 Å². The SMILES string of the molecule is CCCCOc1ccc(C(=O)N2CCC3(CC2)SCC(=O)N3Cc2ccccc2)cc1. The molecule has 0 aromatic heterocycles. The standard InChI is InChI=1S/C25H30N2O3S/c1-2-3-17-30-22-11-9-21(10-12-22)24(29)26-15-13-25(14-16-26)27(23(28)19-31-25)18-20-7-5-4-6-8-20/h4-12H,2-3,13-19H2,1H3. The lowest BCUT2D eigenvalue weighted by Gasteiger charge is -2.44. The highest BCUT2D eigenvalue weighted by Crippen LogP contribution is 2.45. The molecular weight excluding hydrogens is 408 g/mol. The van der Waals surface area contributed by atoms with E-state index in [0.717, 1.165) is 37.0 Å². The molecule has 0 atom stereocenters. The second kappa shape index (κ2) is 9.77. The first-order chi connectivity index (χ1) is 15.1. The van der Waals surface area contributed by atoms with Crippen LogP contribution >= 0.6 is 11.8 Å². The number of thioether (sulfide) groups is 1. The number of benzene rings is 2. The summed E-state index contributed by atoms with van der Waals surface area (Å²) in [5, 5.41) is 0. The van der Waals surface area contributed by atoms with E-state index in [1.807, 2.05) is 52.3 Å². The van der Waals surface area contributed by atoms with E-state index in [1.165, 1.54) is 0 Å². The van der Waals surface area contributed by atoms with Gasteiger partial charge in [0.25, 0.3) is 5.91 Å². The third-order valence-corrected chi connectivity index (χ3v) is 7.70. The number of rotatable bonds is 7. The van der Waals surface area contributed by atoms with E-state index in [0.29, 0.717) is 37.6 Å². The molecule has 0 unspecified atom stereocenters. The van der Waals surface area contributed by atoms with Crippen molar-refractivity contribution in [2.24, 2.45) is 0 Å². The minimum absolute atomic E-state index is 0.0545. The van der Waals surface area contributed by atoms with Gasteiger partial charge < -0.3 is 14.5 Å². The lowest BCUT2D eigenvalue weighted by atomic mass is 10.00. The fourth-order valence-electron chi connectivity index (χ4n) is 4.26. The molecule has 5 nitrogen and oxygen atoms in total. The van der Waals surface area contributed by atoms with Crippen molar-refractivity contribution < 1.29 is 14.3 Å². The maximum Gasteiger partial charge on any atom is 0.253 e. The molecule has 2 aromatic rings. The van der Waals surface area contributed by atoms with Crippen molar-refractivity contribution in [2.75, 3.05) is 25.4 Å². The van der Waals surface area contributed by atoms with E-state index in [-0.39, 0.29) is 16.7 Å². The summed E-state index contributed by atoms with van der Waals surface area (Å²) >= 11 is 1.74. The number of unbranched alkanes of at least 4 members (excludes halogenated alkanes) is 1. The van der Waals surface area contributed by atoms with E-state index < -0.39 is 0 Å². The number of amides is 2. The Morgan fingerprint density at radius 1 is 1.06 bits per heavy atom. The molecular formula is C25H30N2O3S. The lowest BCUT2D eigenvalue weighted by Crippen LogP contribution is -2.52. The van der Waals surface area contributed by atoms with Crippen LogP contribution in [-0.2, 0) is 11.3 Å². The van der Waals surface area contributed by atoms with Crippen LogP contribution in [0.25, 0.3) is 0 Å². The van der Waals surface area contributed by atoms with Gasteiger partial charge in [-0.2, -0.15) is 0 Å². The number of hydrogen-bond donors (Lipinski definition) is 0. The molecule has 2 aliphatic heterocycles. The summed E-state index contributed by atoms with van der Waals surface area (Å²) in [7, 11) is 0. The monoisotopic (exact) mass is 438 g/mol. The maximum atomic E-state index is 13.0. The number of ether oxygens (including phenoxy) is 1. The molecule has 2 amide bonds. The molecule has 31 heavy (non-hydrogen) atoms. The van der Waals surface area contributed by atoms with Gasteiger partial charge in [-0.3, -0.25) is 9.59 Å². The summed E-state index contributed by atoms with van der Waals surface area (Å²) in [4.78, 5) is 29.4. The number of hydrogen-bond acceptors (Lipinski definition) is 4. The highest BCUT2D eigenvalue weighted by molar-refractivity contribution is 8.01. The summed E-state index contributed by atoms with van der Waals surface area (Å²) in [6, 6.07) is 17.6. The number of carbonyl (C=O) groups is 2. The fraction of sp³-hybridized carbons (Fsp3) is 0.440. The van der Waals surface area contributed by atoms with Gasteiger partial charge in [0.1, 0.15) is 5.75 Å². The van der Waals surface area contributed by atoms with Crippen LogP contribution in [0.15, 0.2) is 54.6 Å². The molecule has 2 aromatic carbocycles. The van der Waals surface area contributed by atoms with Gasteiger partial charge >= 0.3 is 0 Å². The largest absolute Gasteiger partial charge is 0.494 e. The van der Waals surface area contributed by atoms with E-state index in [4.69, 9.17) is 4.74 Å². The molecule has 0 bridgehead atoms. The summed E-state index contributed by atoms with van der Waals surface area (Å²) in [5.74, 6) is 1.59. The van der Waals surface area contributed by atoms with Crippen molar-refractivity contribution in [1.82, 2.24) is 9.80 Å². The smallest absolute Gasteiger partial charge is 0.253 e. The number of likely N-dealkylation sites (tertiary alicyclic amines) is 1. The normalized spacial score (nSPS) is 17.9. The average Bonchev–Trinajstić information content (AvgIpc) is 3.10. The maximum absolute atomic E-state index is 13.0. The molecule has 4 rings (SSSR count). The Balaban J connectivity index is 1.37. The number of nitrogens with zero attached hydrogens (tertiary/aromatic N) is 2. The van der Waals surface area contributed by atoms with Crippen LogP contribution in [-0.4, -0.2) is 51.9 Å². The van der Waals surface area contributed by atoms with Crippen molar-refractivity contribution in [2.45, 2.75) is 44.0 Å². The zero-order valence-corrected chi connectivity index (χ0v) is 18.9. The zero-order valence-electron chi connectivity index (χ0n) is 18.1. The molecule has 0 N–H and O–H groups in total. The van der Waals surface area contributed by atoms with Crippen LogP contribution in [0.2, 0.25) is 0 Å². The van der Waals surface area contributed by atoms with Crippen molar-refractivity contribution in [3.05, 3.63) is 65.7 Å². The van der Waals surface area contributed by atoms with Crippen molar-refractivity contribution in [3.63, 3.8) is 0 Å². The Labute approximate surface area is 188 Å². The second-order valence-electron chi connectivity index (χ2n) is 8.22. The third-order valence-electron chi connectivity index (χ3n) is 6.14. The highest BCUT2D eigenvalue weighted by atomic mass is 32.2. The van der Waals surface area contributed by atoms with Crippen molar-refractivity contribution in [3.8, 4) is 5.75 Å². The molecule has 1 spiro atoms. The highest BCUT2D eigenvalue weighted by Gasteiger charge is 2.48. The van der Waals surface area contributed by atoms with Gasteiger partial charge in [-0.15, -0.1) is 11.8 Å². The first-order valence-electron chi connectivity index (χ1n) is 11.1. The minimum atomic E-state index is -0.194. The first-order valence-corrected chi connectivity index (χ1v) is 12.1. The summed E-state index contributed by atoms with van der Waals surface area (Å²) in [6.45, 7) is 4.81. The first kappa shape index (κ1) is 21.8. The molecule has 2 heterocycles. The molecule has 164 valence electrons. The fourth-order valence-corrected chi connectivity index (χ4v) is 5.60. The van der Waals surface area contributed by atoms with Gasteiger partial charge in [-0.1, -0.05) is 43.7 Å². The van der Waals surface area contributed by atoms with Crippen molar-refractivity contribution in [1.29, 1.82) is 0 Å². The molecule has 2 fully saturated rings. The summed E-state index contributed by atoms with van der Waals surface area (Å²) in [5.41, 5.74) is 1.84. The molecule has 6 heteroatoms. The quantitative estimate of drug-likeness (QED) is 0.594. The second-order valence-corrected chi connectivity index (χ2v) is 9.56. The predicted molar refractivity (Wildman–Crippen MR) is 124 cm³/mol. The van der Waals surface area contributed by atoms with Crippen LogP contribution in [0.3, 0.4) is 0 Å². The van der Waals surface area contributed by atoms with Gasteiger partial charge in [-0.25, -0.2) is 0 Å². The Morgan fingerprint density at radius 2 is 1.77 bits per heavy atom. The Hall–Kier alpha value is -2.47. The van der Waals surface area contributed by atoms with Crippen LogP contribution in [0, 0.1) is 0 Å². The van der Waals surface area contributed by atoms with E-state index in [1.54, 1.807) is 11.8 Å². The number of piperidine rings is 1. The zero-order chi connectivity index (χ0) is 21.7. The minimum Gasteiger partial charge on any atom is -0.494 e. The van der Waals surface area contributed by atoms with Gasteiger partial charge in [0.2, 0.25) is 5.91 Å². The topological polar surface area (TPSA) is 49.9 Å². The summed E-state index contributed by atoms with van der Waals surface area (Å²) < 4.78 is 5.70. The van der Waals surface area contributed by atoms with Crippen LogP contribution < -0.4 is 4.74 Å². The third kappa shape index (κ3) is 4.90. The molecule has 2 aliphatic rings. The van der Waals surface area contributed by atoms with Crippen LogP contribution in [0.5, 0.6) is 5.75 Å². The van der Waals surface area contributed by atoms with Crippen molar-refractivity contribution >= 4 is 23.6 Å². The van der Waals surface area contributed by atoms with E-state index >= 15 is 0 Å². The van der Waals surface area contributed by atoms with E-state index in [2.05, 4.69) is 19.1 Å². The molecule has 0 radical (unpaired) electrons. The number of carbonyl (C=O) groups excluding carboxylic acids is 2. The predicted octanol–water partition coefficient (Wildman–Crippen LogP) is 4.57. The Bertz CT molecular complexity index is 893. The molecule has 0 saturated carbocycles. The summed E-state index contributed by atoms with van der Waals surface area (Å²) in [6.07, 6.45) is 3.73. The van der Waals surface area contributed by atoms with Gasteiger partial charge in [0, 0.05) is 25.2 Å². The van der Waals surface area contributed by atoms with Crippen LogP contribution in [0.1, 0.15) is 48.5 Å². The lowest BCUT2D eigenvalue weighted by molar-refractivity contribution is -0.131. The molecule has 2 saturated heterocycles. The van der Waals surface area contributed by atoms with Gasteiger partial charge in [-0.05, 0) is 49.1 Å². The van der Waals surface area contributed by atoms with Gasteiger partial charge in [0.05, 0.1) is 17.2 Å². The molecule has 0 aliphatic carbocycles. The van der Waals surface area contributed by atoms with Crippen LogP contribution in [0.4, 0.5) is 0 Å². The Kier molecular flexibility index (Phi) is 6.86. The Morgan fingerprint density at radius 3 is 2.45 bits per heavy atom. The average molecular weight is 439 g/mol. The van der Waals surface area contributed by atoms with Gasteiger partial charge in [0.15, 0.2) is 0 Å².